The maximum absolute atomic E-state index is 7.19. The van der Waals surface area contributed by atoms with Gasteiger partial charge in [-0.05, 0) is 0 Å². The minimum atomic E-state index is -2.47. The van der Waals surface area contributed by atoms with Crippen LogP contribution >= 0.6 is 24.8 Å². The van der Waals surface area contributed by atoms with E-state index in [1.54, 1.807) is 0 Å². The summed E-state index contributed by atoms with van der Waals surface area (Å²) in [5.74, 6) is 1.39. The van der Waals surface area contributed by atoms with Crippen LogP contribution in [0.15, 0.2) is 106 Å². The summed E-state index contributed by atoms with van der Waals surface area (Å²) in [5, 5.41) is 0. The number of halogens is 2. The van der Waals surface area contributed by atoms with Gasteiger partial charge in [0.25, 0.3) is 0 Å². The molecule has 0 fully saturated rings. The van der Waals surface area contributed by atoms with Crippen LogP contribution in [-0.2, 0) is 23.2 Å². The third-order valence-electron chi connectivity index (χ3n) is 7.16. The average molecular weight is 557 g/mol. The molecular formula is C32H38Cl2OTi. The van der Waals surface area contributed by atoms with E-state index in [1.807, 2.05) is 0 Å². The first kappa shape index (κ1) is 30.3. The van der Waals surface area contributed by atoms with Crippen LogP contribution in [0.25, 0.3) is 0 Å². The Labute approximate surface area is 236 Å². The molecule has 190 valence electrons. The van der Waals surface area contributed by atoms with Crippen LogP contribution in [-0.4, -0.2) is 3.81 Å². The zero-order chi connectivity index (χ0) is 24.5. The Kier molecular flexibility index (Phi) is 10.6. The summed E-state index contributed by atoms with van der Waals surface area (Å²) in [5.41, 5.74) is 8.26. The molecule has 1 atom stereocenters. The van der Waals surface area contributed by atoms with Gasteiger partial charge in [0.2, 0.25) is 0 Å². The molecule has 3 aromatic carbocycles. The van der Waals surface area contributed by atoms with Crippen LogP contribution in [0.5, 0.6) is 5.75 Å². The summed E-state index contributed by atoms with van der Waals surface area (Å²) >= 11 is -2.47. The van der Waals surface area contributed by atoms with E-state index in [2.05, 4.69) is 133 Å². The molecule has 0 aromatic heterocycles. The first-order valence-electron chi connectivity index (χ1n) is 12.2. The Bertz CT molecular complexity index is 1240. The van der Waals surface area contributed by atoms with Gasteiger partial charge in [-0.1, -0.05) is 0 Å². The molecule has 3 aromatic rings. The van der Waals surface area contributed by atoms with Crippen molar-refractivity contribution in [3.8, 4) is 5.75 Å². The molecule has 0 spiro atoms. The summed E-state index contributed by atoms with van der Waals surface area (Å²) in [4.78, 5) is 0. The van der Waals surface area contributed by atoms with Crippen LogP contribution < -0.4 is 3.32 Å². The van der Waals surface area contributed by atoms with E-state index in [4.69, 9.17) is 3.32 Å². The SMILES string of the molecule is CC1=C(C)C(C)[C]([Ti]([O]c2cccc(C(C)(C)C)c2)=[C](c2ccccc2)c2ccccc2)=C1C.Cl.Cl. The summed E-state index contributed by atoms with van der Waals surface area (Å²) < 4.78 is 10.1. The van der Waals surface area contributed by atoms with E-state index in [1.165, 1.54) is 41.1 Å². The van der Waals surface area contributed by atoms with E-state index in [-0.39, 0.29) is 30.2 Å². The normalized spacial score (nSPS) is 15.2. The van der Waals surface area contributed by atoms with Crippen molar-refractivity contribution in [2.75, 3.05) is 0 Å². The minimum Gasteiger partial charge on any atom is -0.147 e. The van der Waals surface area contributed by atoms with Crippen LogP contribution in [0, 0.1) is 5.92 Å². The van der Waals surface area contributed by atoms with Gasteiger partial charge in [0, 0.05) is 0 Å². The van der Waals surface area contributed by atoms with Gasteiger partial charge >= 0.3 is 213 Å². The fourth-order valence-electron chi connectivity index (χ4n) is 4.75. The first-order chi connectivity index (χ1) is 16.2. The van der Waals surface area contributed by atoms with Crippen molar-refractivity contribution in [2.24, 2.45) is 5.92 Å². The molecule has 0 radical (unpaired) electrons. The van der Waals surface area contributed by atoms with Gasteiger partial charge in [0.1, 0.15) is 0 Å². The van der Waals surface area contributed by atoms with Crippen LogP contribution in [0.4, 0.5) is 0 Å². The van der Waals surface area contributed by atoms with Gasteiger partial charge in [-0.25, -0.2) is 0 Å². The van der Waals surface area contributed by atoms with Gasteiger partial charge in [0.05, 0.1) is 0 Å². The number of benzene rings is 3. The maximum atomic E-state index is 7.19. The van der Waals surface area contributed by atoms with Gasteiger partial charge in [-0.2, -0.15) is 0 Å². The fraction of sp³-hybridized carbons (Fsp3) is 0.281. The largest absolute Gasteiger partial charge is 0.147 e. The third kappa shape index (κ3) is 6.32. The second kappa shape index (κ2) is 12.6. The van der Waals surface area contributed by atoms with Crippen LogP contribution in [0.3, 0.4) is 0 Å². The standard InChI is InChI=1S/C13H10.C10H14O.C9H13.2ClH.Ti/c1-3-7-12(8-4-1)11-13-9-5-2-6-10-13;1-10(2,3)8-5-4-6-9(11)7-8;1-6-5-7(2)9(4)8(6)3;;;/h1-10H;4-7,11H,1-3H3;6H,1-4H3;2*1H;/q;;;;;+1/p-1. The Morgan fingerprint density at radius 3 is 1.69 bits per heavy atom. The Morgan fingerprint density at radius 1 is 0.722 bits per heavy atom. The zero-order valence-corrected chi connectivity index (χ0v) is 25.6. The van der Waals surface area contributed by atoms with E-state index in [0.717, 1.165) is 5.75 Å². The third-order valence-corrected chi connectivity index (χ3v) is 11.5. The molecule has 0 amide bonds. The van der Waals surface area contributed by atoms with Gasteiger partial charge in [-0.15, -0.1) is 24.8 Å². The van der Waals surface area contributed by atoms with E-state index in [9.17, 15) is 0 Å². The van der Waals surface area contributed by atoms with Gasteiger partial charge < -0.3 is 0 Å². The molecule has 4 rings (SSSR count). The zero-order valence-electron chi connectivity index (χ0n) is 22.4. The molecule has 4 heteroatoms. The molecule has 36 heavy (non-hydrogen) atoms. The van der Waals surface area contributed by atoms with Crippen molar-refractivity contribution in [3.63, 3.8) is 0 Å². The van der Waals surface area contributed by atoms with Crippen molar-refractivity contribution in [2.45, 2.75) is 53.9 Å². The molecular weight excluding hydrogens is 519 g/mol. The summed E-state index contributed by atoms with van der Waals surface area (Å²) in [6.07, 6.45) is 0. The average Bonchev–Trinajstić information content (AvgIpc) is 3.02. The maximum Gasteiger partial charge on any atom is -0.147 e. The van der Waals surface area contributed by atoms with Crippen molar-refractivity contribution in [1.29, 1.82) is 0 Å². The van der Waals surface area contributed by atoms with Crippen molar-refractivity contribution in [1.82, 2.24) is 0 Å². The molecule has 1 aliphatic rings. The van der Waals surface area contributed by atoms with E-state index >= 15 is 0 Å². The van der Waals surface area contributed by atoms with Crippen LogP contribution in [0.2, 0.25) is 0 Å². The molecule has 1 unspecified atom stereocenters. The molecule has 1 nitrogen and oxygen atoms in total. The van der Waals surface area contributed by atoms with E-state index in [0.29, 0.717) is 5.92 Å². The number of hydrogen-bond acceptors (Lipinski definition) is 1. The predicted molar refractivity (Wildman–Crippen MR) is 157 cm³/mol. The summed E-state index contributed by atoms with van der Waals surface area (Å²) in [6, 6.07) is 30.5. The van der Waals surface area contributed by atoms with E-state index < -0.39 is 17.8 Å². The Balaban J connectivity index is 0.00000228. The van der Waals surface area contributed by atoms with Crippen molar-refractivity contribution in [3.05, 3.63) is 122 Å². The second-order valence-corrected chi connectivity index (χ2v) is 13.4. The fourth-order valence-corrected chi connectivity index (χ4v) is 9.19. The Hall–Kier alpha value is -1.90. The number of rotatable bonds is 5. The van der Waals surface area contributed by atoms with Gasteiger partial charge in [-0.3, -0.25) is 0 Å². The minimum absolute atomic E-state index is 0. The molecule has 0 saturated carbocycles. The molecule has 0 N–H and O–H groups in total. The number of allylic oxidation sites excluding steroid dienone is 4. The Morgan fingerprint density at radius 2 is 1.25 bits per heavy atom. The molecule has 0 saturated heterocycles. The van der Waals surface area contributed by atoms with Crippen molar-refractivity contribution >= 4 is 28.6 Å². The summed E-state index contributed by atoms with van der Waals surface area (Å²) in [6.45, 7) is 16.0. The topological polar surface area (TPSA) is 9.23 Å². The first-order valence-corrected chi connectivity index (χ1v) is 14.4. The molecule has 1 aliphatic carbocycles. The van der Waals surface area contributed by atoms with Gasteiger partial charge in [0.15, 0.2) is 0 Å². The van der Waals surface area contributed by atoms with Crippen LogP contribution in [0.1, 0.15) is 65.2 Å². The van der Waals surface area contributed by atoms with Crippen molar-refractivity contribution < 1.29 is 21.1 Å². The molecule has 0 aliphatic heterocycles. The number of hydrogen-bond donors (Lipinski definition) is 0. The second-order valence-electron chi connectivity index (χ2n) is 10.4. The smallest absolute Gasteiger partial charge is 0.147 e. The predicted octanol–water partition coefficient (Wildman–Crippen LogP) is 9.27. The molecule has 0 heterocycles. The summed E-state index contributed by atoms with van der Waals surface area (Å²) in [7, 11) is 0. The molecule has 0 bridgehead atoms. The quantitative estimate of drug-likeness (QED) is 0.284. The monoisotopic (exact) mass is 556 g/mol.